The van der Waals surface area contributed by atoms with Crippen LogP contribution in [0.2, 0.25) is 5.02 Å². The van der Waals surface area contributed by atoms with Gasteiger partial charge in [0, 0.05) is 31.2 Å². The van der Waals surface area contributed by atoms with Gasteiger partial charge in [0.15, 0.2) is 0 Å². The summed E-state index contributed by atoms with van der Waals surface area (Å²) >= 11 is 5.89. The van der Waals surface area contributed by atoms with Crippen LogP contribution < -0.4 is 0 Å². The number of amides is 1. The Hall–Kier alpha value is -2.37. The SMILES string of the molecule is O=C(O)c1cccc(CN2CCN(Cc3ccc(Cl)cc3)C(=O)C2)c1. The molecule has 0 atom stereocenters. The first-order valence-electron chi connectivity index (χ1n) is 8.08. The van der Waals surface area contributed by atoms with E-state index in [4.69, 9.17) is 16.7 Å². The first-order valence-corrected chi connectivity index (χ1v) is 8.46. The highest BCUT2D eigenvalue weighted by Gasteiger charge is 2.24. The summed E-state index contributed by atoms with van der Waals surface area (Å²) in [6, 6.07) is 14.4. The van der Waals surface area contributed by atoms with E-state index < -0.39 is 5.97 Å². The van der Waals surface area contributed by atoms with Crippen LogP contribution in [0.1, 0.15) is 21.5 Å². The molecular weight excluding hydrogens is 340 g/mol. The van der Waals surface area contributed by atoms with Crippen molar-refractivity contribution in [1.82, 2.24) is 9.80 Å². The summed E-state index contributed by atoms with van der Waals surface area (Å²) in [6.07, 6.45) is 0. The van der Waals surface area contributed by atoms with Crippen LogP contribution in [0.4, 0.5) is 0 Å². The minimum atomic E-state index is -0.939. The zero-order chi connectivity index (χ0) is 17.8. The Labute approximate surface area is 151 Å². The van der Waals surface area contributed by atoms with E-state index >= 15 is 0 Å². The van der Waals surface area contributed by atoms with E-state index in [1.807, 2.05) is 40.1 Å². The molecule has 0 spiro atoms. The topological polar surface area (TPSA) is 60.9 Å². The first kappa shape index (κ1) is 17.5. The van der Waals surface area contributed by atoms with Crippen molar-refractivity contribution < 1.29 is 14.7 Å². The van der Waals surface area contributed by atoms with Crippen molar-refractivity contribution in [2.24, 2.45) is 0 Å². The van der Waals surface area contributed by atoms with E-state index in [1.54, 1.807) is 18.2 Å². The third-order valence-corrected chi connectivity index (χ3v) is 4.52. The van der Waals surface area contributed by atoms with Crippen LogP contribution in [-0.2, 0) is 17.9 Å². The molecule has 1 N–H and O–H groups in total. The number of hydrogen-bond donors (Lipinski definition) is 1. The molecule has 1 fully saturated rings. The Balaban J connectivity index is 1.58. The van der Waals surface area contributed by atoms with E-state index in [0.717, 1.165) is 17.7 Å². The maximum Gasteiger partial charge on any atom is 0.335 e. The molecule has 130 valence electrons. The number of rotatable bonds is 5. The third kappa shape index (κ3) is 4.59. The normalized spacial score (nSPS) is 15.4. The molecule has 5 nitrogen and oxygen atoms in total. The highest BCUT2D eigenvalue weighted by atomic mass is 35.5. The van der Waals surface area contributed by atoms with E-state index in [9.17, 15) is 9.59 Å². The molecule has 6 heteroatoms. The summed E-state index contributed by atoms with van der Waals surface area (Å²) in [5.74, 6) is -0.860. The molecule has 0 aliphatic carbocycles. The fourth-order valence-corrected chi connectivity index (χ4v) is 3.06. The molecule has 2 aromatic carbocycles. The average molecular weight is 359 g/mol. The number of piperazine rings is 1. The largest absolute Gasteiger partial charge is 0.478 e. The van der Waals surface area contributed by atoms with Gasteiger partial charge < -0.3 is 10.0 Å². The van der Waals surface area contributed by atoms with Crippen molar-refractivity contribution in [3.63, 3.8) is 0 Å². The summed E-state index contributed by atoms with van der Waals surface area (Å²) in [4.78, 5) is 27.3. The van der Waals surface area contributed by atoms with Crippen LogP contribution in [0.25, 0.3) is 0 Å². The second kappa shape index (κ2) is 7.68. The average Bonchev–Trinajstić information content (AvgIpc) is 2.59. The molecule has 3 rings (SSSR count). The molecule has 0 saturated carbocycles. The van der Waals surface area contributed by atoms with Gasteiger partial charge in [-0.1, -0.05) is 35.9 Å². The van der Waals surface area contributed by atoms with E-state index in [1.165, 1.54) is 0 Å². The number of hydrogen-bond acceptors (Lipinski definition) is 3. The lowest BCUT2D eigenvalue weighted by atomic mass is 10.1. The smallest absolute Gasteiger partial charge is 0.335 e. The van der Waals surface area contributed by atoms with Crippen LogP contribution >= 0.6 is 11.6 Å². The van der Waals surface area contributed by atoms with Crippen molar-refractivity contribution in [2.45, 2.75) is 13.1 Å². The molecule has 1 heterocycles. The molecule has 0 aromatic heterocycles. The molecule has 0 unspecified atom stereocenters. The van der Waals surface area contributed by atoms with Gasteiger partial charge in [0.25, 0.3) is 0 Å². The maximum absolute atomic E-state index is 12.4. The number of carbonyl (C=O) groups excluding carboxylic acids is 1. The standard InChI is InChI=1S/C19H19ClN2O3/c20-17-6-4-14(5-7-17)12-22-9-8-21(13-18(22)23)11-15-2-1-3-16(10-15)19(24)25/h1-7,10H,8-9,11-13H2,(H,24,25). The summed E-state index contributed by atoms with van der Waals surface area (Å²) in [6.45, 7) is 2.90. The number of halogens is 1. The van der Waals surface area contributed by atoms with Crippen LogP contribution in [0.5, 0.6) is 0 Å². The van der Waals surface area contributed by atoms with Crippen molar-refractivity contribution in [2.75, 3.05) is 19.6 Å². The highest BCUT2D eigenvalue weighted by Crippen LogP contribution is 2.15. The summed E-state index contributed by atoms with van der Waals surface area (Å²) in [7, 11) is 0. The molecule has 1 amide bonds. The molecule has 1 aliphatic rings. The van der Waals surface area contributed by atoms with Gasteiger partial charge in [-0.05, 0) is 35.4 Å². The van der Waals surface area contributed by atoms with Crippen molar-refractivity contribution in [3.8, 4) is 0 Å². The van der Waals surface area contributed by atoms with Crippen LogP contribution in [0, 0.1) is 0 Å². The monoisotopic (exact) mass is 358 g/mol. The number of carboxylic acid groups (broad SMARTS) is 1. The van der Waals surface area contributed by atoms with Gasteiger partial charge in [-0.15, -0.1) is 0 Å². The third-order valence-electron chi connectivity index (χ3n) is 4.26. The number of nitrogens with zero attached hydrogens (tertiary/aromatic N) is 2. The lowest BCUT2D eigenvalue weighted by molar-refractivity contribution is -0.136. The summed E-state index contributed by atoms with van der Waals surface area (Å²) < 4.78 is 0. The molecule has 1 saturated heterocycles. The second-order valence-corrected chi connectivity index (χ2v) is 6.59. The van der Waals surface area contributed by atoms with Gasteiger partial charge in [-0.3, -0.25) is 9.69 Å². The first-order chi connectivity index (χ1) is 12.0. The van der Waals surface area contributed by atoms with Gasteiger partial charge in [0.2, 0.25) is 5.91 Å². The fourth-order valence-electron chi connectivity index (χ4n) is 2.93. The van der Waals surface area contributed by atoms with Gasteiger partial charge in [-0.25, -0.2) is 4.79 Å². The predicted molar refractivity (Wildman–Crippen MR) is 95.5 cm³/mol. The fraction of sp³-hybridized carbons (Fsp3) is 0.263. The molecule has 0 radical (unpaired) electrons. The minimum Gasteiger partial charge on any atom is -0.478 e. The van der Waals surface area contributed by atoms with Crippen molar-refractivity contribution >= 4 is 23.5 Å². The number of aromatic carboxylic acids is 1. The maximum atomic E-state index is 12.4. The second-order valence-electron chi connectivity index (χ2n) is 6.16. The Morgan fingerprint density at radius 2 is 1.80 bits per heavy atom. The summed E-state index contributed by atoms with van der Waals surface area (Å²) in [5.41, 5.74) is 2.23. The molecule has 25 heavy (non-hydrogen) atoms. The Bertz CT molecular complexity index is 776. The number of carbonyl (C=O) groups is 2. The zero-order valence-electron chi connectivity index (χ0n) is 13.7. The van der Waals surface area contributed by atoms with Gasteiger partial charge in [0.05, 0.1) is 12.1 Å². The Morgan fingerprint density at radius 1 is 1.04 bits per heavy atom. The van der Waals surface area contributed by atoms with E-state index in [-0.39, 0.29) is 11.5 Å². The highest BCUT2D eigenvalue weighted by molar-refractivity contribution is 6.30. The van der Waals surface area contributed by atoms with Crippen LogP contribution in [-0.4, -0.2) is 46.4 Å². The quantitative estimate of drug-likeness (QED) is 0.892. The Kier molecular flexibility index (Phi) is 5.36. The van der Waals surface area contributed by atoms with Gasteiger partial charge in [-0.2, -0.15) is 0 Å². The van der Waals surface area contributed by atoms with E-state index in [0.29, 0.717) is 31.2 Å². The predicted octanol–water partition coefficient (Wildman–Crippen LogP) is 2.88. The number of benzene rings is 2. The zero-order valence-corrected chi connectivity index (χ0v) is 14.4. The Morgan fingerprint density at radius 3 is 2.48 bits per heavy atom. The number of carboxylic acids is 1. The molecular formula is C19H19ClN2O3. The minimum absolute atomic E-state index is 0.0792. The summed E-state index contributed by atoms with van der Waals surface area (Å²) in [5, 5.41) is 9.75. The molecule has 0 bridgehead atoms. The van der Waals surface area contributed by atoms with Gasteiger partial charge >= 0.3 is 5.97 Å². The lowest BCUT2D eigenvalue weighted by Gasteiger charge is -2.34. The van der Waals surface area contributed by atoms with Crippen LogP contribution in [0.3, 0.4) is 0 Å². The van der Waals surface area contributed by atoms with E-state index in [2.05, 4.69) is 0 Å². The van der Waals surface area contributed by atoms with Crippen molar-refractivity contribution in [1.29, 1.82) is 0 Å². The molecule has 2 aromatic rings. The van der Waals surface area contributed by atoms with Gasteiger partial charge in [0.1, 0.15) is 0 Å². The van der Waals surface area contributed by atoms with Crippen LogP contribution in [0.15, 0.2) is 48.5 Å². The van der Waals surface area contributed by atoms with Crippen molar-refractivity contribution in [3.05, 3.63) is 70.2 Å². The lowest BCUT2D eigenvalue weighted by Crippen LogP contribution is -2.49. The molecule has 1 aliphatic heterocycles.